The molecular formula is C31H31NO2. The van der Waals surface area contributed by atoms with Crippen LogP contribution in [0.4, 0.5) is 0 Å². The number of esters is 1. The van der Waals surface area contributed by atoms with E-state index in [-0.39, 0.29) is 12.6 Å². The molecule has 0 spiro atoms. The topological polar surface area (TPSA) is 31.2 Å². The first kappa shape index (κ1) is 22.2. The first-order valence-electron chi connectivity index (χ1n) is 12.3. The van der Waals surface area contributed by atoms with Gasteiger partial charge in [-0.1, -0.05) is 110 Å². The largest absolute Gasteiger partial charge is 0.457 e. The zero-order chi connectivity index (χ0) is 23.2. The molecule has 3 heteroatoms. The predicted octanol–water partition coefficient (Wildman–Crippen LogP) is 7.61. The van der Waals surface area contributed by atoms with E-state index in [2.05, 4.69) is 47.2 Å². The molecule has 0 bridgehead atoms. The van der Waals surface area contributed by atoms with E-state index in [1.807, 2.05) is 54.6 Å². The number of rotatable bonds is 7. The molecule has 172 valence electrons. The number of ether oxygens (including phenoxy) is 1. The van der Waals surface area contributed by atoms with E-state index in [1.54, 1.807) is 0 Å². The third-order valence-corrected chi connectivity index (χ3v) is 6.82. The summed E-state index contributed by atoms with van der Waals surface area (Å²) in [6.07, 6.45) is 9.00. The Kier molecular flexibility index (Phi) is 6.90. The first-order chi connectivity index (χ1) is 16.8. The lowest BCUT2D eigenvalue weighted by molar-refractivity contribution is 0.0472. The Morgan fingerprint density at radius 2 is 1.35 bits per heavy atom. The van der Waals surface area contributed by atoms with Crippen molar-refractivity contribution in [3.8, 4) is 11.1 Å². The molecule has 0 atom stereocenters. The van der Waals surface area contributed by atoms with Crippen LogP contribution in [0.3, 0.4) is 0 Å². The predicted molar refractivity (Wildman–Crippen MR) is 137 cm³/mol. The van der Waals surface area contributed by atoms with E-state index >= 15 is 0 Å². The van der Waals surface area contributed by atoms with Gasteiger partial charge in [-0.05, 0) is 29.5 Å². The highest BCUT2D eigenvalue weighted by atomic mass is 16.5. The minimum atomic E-state index is -0.247. The molecule has 1 aromatic heterocycles. The molecular weight excluding hydrogens is 418 g/mol. The second-order valence-corrected chi connectivity index (χ2v) is 9.15. The normalized spacial score (nSPS) is 14.1. The van der Waals surface area contributed by atoms with Gasteiger partial charge in [0.05, 0.1) is 5.56 Å². The van der Waals surface area contributed by atoms with Crippen LogP contribution in [-0.4, -0.2) is 10.5 Å². The van der Waals surface area contributed by atoms with Crippen molar-refractivity contribution in [3.63, 3.8) is 0 Å². The number of nitrogens with zero attached hydrogens (tertiary/aromatic N) is 1. The van der Waals surface area contributed by atoms with E-state index in [1.165, 1.54) is 24.8 Å². The molecule has 1 aliphatic carbocycles. The lowest BCUT2D eigenvalue weighted by Crippen LogP contribution is -2.17. The molecule has 0 aliphatic heterocycles. The van der Waals surface area contributed by atoms with E-state index in [4.69, 9.17) is 4.74 Å². The number of hydrogen-bond acceptors (Lipinski definition) is 2. The number of carbonyl (C=O) groups excluding carboxylic acids is 1. The number of benzene rings is 3. The smallest absolute Gasteiger partial charge is 0.340 e. The highest BCUT2D eigenvalue weighted by Crippen LogP contribution is 2.37. The molecule has 1 saturated carbocycles. The minimum Gasteiger partial charge on any atom is -0.457 e. The van der Waals surface area contributed by atoms with Crippen LogP contribution in [0.2, 0.25) is 0 Å². The van der Waals surface area contributed by atoms with Crippen molar-refractivity contribution in [2.45, 2.75) is 51.2 Å². The zero-order valence-corrected chi connectivity index (χ0v) is 19.5. The van der Waals surface area contributed by atoms with Gasteiger partial charge in [-0.2, -0.15) is 0 Å². The fourth-order valence-electron chi connectivity index (χ4n) is 5.08. The summed E-state index contributed by atoms with van der Waals surface area (Å²) in [5, 5.41) is 0. The van der Waals surface area contributed by atoms with Crippen molar-refractivity contribution in [2.24, 2.45) is 0 Å². The maximum absolute atomic E-state index is 13.7. The monoisotopic (exact) mass is 449 g/mol. The van der Waals surface area contributed by atoms with Crippen molar-refractivity contribution >= 4 is 5.97 Å². The van der Waals surface area contributed by atoms with Gasteiger partial charge in [0.25, 0.3) is 0 Å². The van der Waals surface area contributed by atoms with Gasteiger partial charge in [0.2, 0.25) is 0 Å². The van der Waals surface area contributed by atoms with Gasteiger partial charge in [0, 0.05) is 29.9 Å². The number of carbonyl (C=O) groups is 1. The van der Waals surface area contributed by atoms with Gasteiger partial charge >= 0.3 is 5.97 Å². The SMILES string of the molecule is O=C(OCc1ccccc1)c1c(-c2ccccc2)cn(C2CCCCC2)c1Cc1ccccc1. The van der Waals surface area contributed by atoms with Crippen LogP contribution in [-0.2, 0) is 17.8 Å². The number of aromatic nitrogens is 1. The van der Waals surface area contributed by atoms with Gasteiger partial charge < -0.3 is 9.30 Å². The van der Waals surface area contributed by atoms with Crippen molar-refractivity contribution in [2.75, 3.05) is 0 Å². The maximum Gasteiger partial charge on any atom is 0.340 e. The lowest BCUT2D eigenvalue weighted by atomic mass is 9.94. The van der Waals surface area contributed by atoms with Crippen molar-refractivity contribution in [1.82, 2.24) is 4.57 Å². The molecule has 1 aliphatic rings. The van der Waals surface area contributed by atoms with Gasteiger partial charge in [0.15, 0.2) is 0 Å². The second kappa shape index (κ2) is 10.6. The van der Waals surface area contributed by atoms with E-state index in [0.29, 0.717) is 18.0 Å². The van der Waals surface area contributed by atoms with E-state index in [9.17, 15) is 4.79 Å². The van der Waals surface area contributed by atoms with Crippen LogP contribution >= 0.6 is 0 Å². The third kappa shape index (κ3) is 4.99. The van der Waals surface area contributed by atoms with Gasteiger partial charge in [-0.25, -0.2) is 4.79 Å². The molecule has 0 amide bonds. The summed E-state index contributed by atoms with van der Waals surface area (Å²) >= 11 is 0. The van der Waals surface area contributed by atoms with Gasteiger partial charge in [-0.15, -0.1) is 0 Å². The minimum absolute atomic E-state index is 0.247. The van der Waals surface area contributed by atoms with Crippen LogP contribution in [0.5, 0.6) is 0 Å². The van der Waals surface area contributed by atoms with Crippen molar-refractivity contribution < 1.29 is 9.53 Å². The van der Waals surface area contributed by atoms with Gasteiger partial charge in [-0.3, -0.25) is 0 Å². The maximum atomic E-state index is 13.7. The fraction of sp³-hybridized carbons (Fsp3) is 0.258. The average Bonchev–Trinajstić information content (AvgIpc) is 3.28. The quantitative estimate of drug-likeness (QED) is 0.272. The van der Waals surface area contributed by atoms with Crippen LogP contribution in [0.1, 0.15) is 65.3 Å². The molecule has 5 rings (SSSR count). The summed E-state index contributed by atoms with van der Waals surface area (Å²) in [5.41, 5.74) is 5.99. The molecule has 3 aromatic carbocycles. The Morgan fingerprint density at radius 3 is 2.00 bits per heavy atom. The highest BCUT2D eigenvalue weighted by Gasteiger charge is 2.28. The summed E-state index contributed by atoms with van der Waals surface area (Å²) < 4.78 is 8.30. The third-order valence-electron chi connectivity index (χ3n) is 6.82. The molecule has 4 aromatic rings. The Balaban J connectivity index is 1.59. The summed E-state index contributed by atoms with van der Waals surface area (Å²) in [6, 6.07) is 31.0. The average molecular weight is 450 g/mol. The van der Waals surface area contributed by atoms with E-state index < -0.39 is 0 Å². The Bertz CT molecular complexity index is 1210. The summed E-state index contributed by atoms with van der Waals surface area (Å²) in [4.78, 5) is 13.7. The molecule has 0 radical (unpaired) electrons. The molecule has 1 heterocycles. The molecule has 34 heavy (non-hydrogen) atoms. The zero-order valence-electron chi connectivity index (χ0n) is 19.5. The fourth-order valence-corrected chi connectivity index (χ4v) is 5.08. The van der Waals surface area contributed by atoms with Crippen LogP contribution < -0.4 is 0 Å². The summed E-state index contributed by atoms with van der Waals surface area (Å²) in [5.74, 6) is -0.247. The van der Waals surface area contributed by atoms with Crippen LogP contribution in [0.15, 0.2) is 97.2 Å². The summed E-state index contributed by atoms with van der Waals surface area (Å²) in [7, 11) is 0. The van der Waals surface area contributed by atoms with E-state index in [0.717, 1.165) is 35.2 Å². The first-order valence-corrected chi connectivity index (χ1v) is 12.3. The van der Waals surface area contributed by atoms with Crippen molar-refractivity contribution in [1.29, 1.82) is 0 Å². The molecule has 0 saturated heterocycles. The number of hydrogen-bond donors (Lipinski definition) is 0. The summed E-state index contributed by atoms with van der Waals surface area (Å²) in [6.45, 7) is 0.271. The Morgan fingerprint density at radius 1 is 0.765 bits per heavy atom. The van der Waals surface area contributed by atoms with Crippen LogP contribution in [0, 0.1) is 0 Å². The molecule has 3 nitrogen and oxygen atoms in total. The Labute approximate surface area is 202 Å². The standard InChI is InChI=1S/C31H31NO2/c33-31(34-23-25-15-7-2-8-16-25)30-28(26-17-9-3-10-18-26)22-32(27-19-11-4-12-20-27)29(30)21-24-13-5-1-6-14-24/h1-3,5-10,13-18,22,27H,4,11-12,19-21,23H2. The molecule has 0 N–H and O–H groups in total. The van der Waals surface area contributed by atoms with Crippen molar-refractivity contribution in [3.05, 3.63) is 120 Å². The highest BCUT2D eigenvalue weighted by molar-refractivity contribution is 5.99. The second-order valence-electron chi connectivity index (χ2n) is 9.15. The molecule has 1 fully saturated rings. The molecule has 0 unspecified atom stereocenters. The van der Waals surface area contributed by atoms with Gasteiger partial charge in [0.1, 0.15) is 6.61 Å². The van der Waals surface area contributed by atoms with Crippen LogP contribution in [0.25, 0.3) is 11.1 Å². The Hall–Kier alpha value is -3.59. The lowest BCUT2D eigenvalue weighted by Gasteiger charge is -2.26.